The molecule has 4 aromatic rings. The van der Waals surface area contributed by atoms with Crippen LogP contribution in [-0.2, 0) is 6.42 Å². The molecule has 1 amide bonds. The summed E-state index contributed by atoms with van der Waals surface area (Å²) in [6.07, 6.45) is 2.76. The van der Waals surface area contributed by atoms with Crippen LogP contribution in [0.25, 0.3) is 10.8 Å². The summed E-state index contributed by atoms with van der Waals surface area (Å²) in [7, 11) is 1.68. The summed E-state index contributed by atoms with van der Waals surface area (Å²) in [5.74, 6) is 2.17. The number of carbonyl (C=O) groups is 1. The van der Waals surface area contributed by atoms with Crippen molar-refractivity contribution in [2.24, 2.45) is 5.92 Å². The van der Waals surface area contributed by atoms with Crippen LogP contribution in [0.4, 0.5) is 5.13 Å². The highest BCUT2D eigenvalue weighted by atomic mass is 32.1. The molecule has 2 heterocycles. The average molecular weight is 473 g/mol. The largest absolute Gasteiger partial charge is 0.497 e. The number of anilines is 1. The van der Waals surface area contributed by atoms with Crippen molar-refractivity contribution in [3.05, 3.63) is 83.7 Å². The maximum Gasteiger partial charge on any atom is 0.251 e. The number of nitrogens with one attached hydrogen (secondary N) is 1. The Labute approximate surface area is 203 Å². The summed E-state index contributed by atoms with van der Waals surface area (Å²) >= 11 is 1.47. The van der Waals surface area contributed by atoms with Crippen LogP contribution >= 0.6 is 11.5 Å². The second-order valence-corrected chi connectivity index (χ2v) is 9.42. The predicted molar refractivity (Wildman–Crippen MR) is 137 cm³/mol. The Morgan fingerprint density at radius 1 is 1.09 bits per heavy atom. The Balaban J connectivity index is 1.13. The number of rotatable bonds is 7. The van der Waals surface area contributed by atoms with E-state index in [0.29, 0.717) is 18.9 Å². The Morgan fingerprint density at radius 2 is 1.88 bits per heavy atom. The summed E-state index contributed by atoms with van der Waals surface area (Å²) in [4.78, 5) is 19.9. The molecule has 0 radical (unpaired) electrons. The van der Waals surface area contributed by atoms with Crippen LogP contribution in [0.2, 0.25) is 0 Å². The molecule has 1 saturated heterocycles. The Morgan fingerprint density at radius 3 is 2.74 bits per heavy atom. The van der Waals surface area contributed by atoms with E-state index in [1.54, 1.807) is 7.11 Å². The maximum atomic E-state index is 12.8. The molecule has 0 bridgehead atoms. The van der Waals surface area contributed by atoms with E-state index < -0.39 is 0 Å². The molecule has 34 heavy (non-hydrogen) atoms. The molecule has 0 saturated carbocycles. The number of piperidine rings is 1. The van der Waals surface area contributed by atoms with Crippen molar-refractivity contribution in [1.82, 2.24) is 14.7 Å². The highest BCUT2D eigenvalue weighted by molar-refractivity contribution is 7.09. The molecular formula is C27H28N4O2S. The third-order valence-electron chi connectivity index (χ3n) is 6.42. The number of hydrogen-bond donors (Lipinski definition) is 1. The number of nitrogens with zero attached hydrogens (tertiary/aromatic N) is 3. The molecule has 0 unspecified atom stereocenters. The molecule has 6 nitrogen and oxygen atoms in total. The normalized spacial score (nSPS) is 14.3. The second-order valence-electron chi connectivity index (χ2n) is 8.69. The summed E-state index contributed by atoms with van der Waals surface area (Å²) in [5, 5.41) is 6.23. The molecule has 5 rings (SSSR count). The van der Waals surface area contributed by atoms with E-state index in [-0.39, 0.29) is 5.91 Å². The van der Waals surface area contributed by atoms with Gasteiger partial charge in [-0.15, -0.1) is 0 Å². The molecule has 1 N–H and O–H groups in total. The topological polar surface area (TPSA) is 67.3 Å². The van der Waals surface area contributed by atoms with Gasteiger partial charge in [-0.1, -0.05) is 48.5 Å². The van der Waals surface area contributed by atoms with Crippen LogP contribution < -0.4 is 15.0 Å². The first kappa shape index (κ1) is 22.3. The van der Waals surface area contributed by atoms with Crippen molar-refractivity contribution in [2.75, 3.05) is 31.6 Å². The number of ether oxygens (including phenoxy) is 1. The van der Waals surface area contributed by atoms with Crippen molar-refractivity contribution in [2.45, 2.75) is 19.3 Å². The SMILES string of the molecule is COc1cccc(Cc2nsc(N3CCC(CNC(=O)c4cccc5ccccc45)CC3)n2)c1. The minimum absolute atomic E-state index is 0.00513. The van der Waals surface area contributed by atoms with Gasteiger partial charge < -0.3 is 15.0 Å². The molecule has 1 aromatic heterocycles. The van der Waals surface area contributed by atoms with Crippen LogP contribution in [-0.4, -0.2) is 42.0 Å². The van der Waals surface area contributed by atoms with Gasteiger partial charge >= 0.3 is 0 Å². The first-order valence-electron chi connectivity index (χ1n) is 11.7. The fraction of sp³-hybridized carbons (Fsp3) is 0.296. The van der Waals surface area contributed by atoms with Crippen LogP contribution in [0.15, 0.2) is 66.7 Å². The molecule has 0 aliphatic carbocycles. The van der Waals surface area contributed by atoms with Crippen molar-refractivity contribution in [3.8, 4) is 5.75 Å². The lowest BCUT2D eigenvalue weighted by atomic mass is 9.96. The number of fused-ring (bicyclic) bond motifs is 1. The van der Waals surface area contributed by atoms with E-state index in [1.165, 1.54) is 11.5 Å². The van der Waals surface area contributed by atoms with Gasteiger partial charge in [0.15, 0.2) is 0 Å². The number of benzene rings is 3. The van der Waals surface area contributed by atoms with Crippen LogP contribution in [0.5, 0.6) is 5.75 Å². The molecule has 3 aromatic carbocycles. The van der Waals surface area contributed by atoms with E-state index in [0.717, 1.165) is 64.5 Å². The monoisotopic (exact) mass is 472 g/mol. The molecule has 7 heteroatoms. The van der Waals surface area contributed by atoms with Gasteiger partial charge in [0.25, 0.3) is 5.91 Å². The van der Waals surface area contributed by atoms with Crippen molar-refractivity contribution < 1.29 is 9.53 Å². The summed E-state index contributed by atoms with van der Waals surface area (Å²) in [6.45, 7) is 2.57. The minimum Gasteiger partial charge on any atom is -0.497 e. The van der Waals surface area contributed by atoms with E-state index in [1.807, 2.05) is 60.7 Å². The Bertz CT molecular complexity index is 1280. The zero-order valence-electron chi connectivity index (χ0n) is 19.2. The van der Waals surface area contributed by atoms with Crippen LogP contribution in [0, 0.1) is 5.92 Å². The number of hydrogen-bond acceptors (Lipinski definition) is 6. The third kappa shape index (κ3) is 5.04. The molecule has 1 aliphatic rings. The van der Waals surface area contributed by atoms with Crippen molar-refractivity contribution >= 4 is 33.3 Å². The molecular weight excluding hydrogens is 444 g/mol. The fourth-order valence-electron chi connectivity index (χ4n) is 4.49. The van der Waals surface area contributed by atoms with Gasteiger partial charge in [-0.25, -0.2) is 4.98 Å². The zero-order valence-corrected chi connectivity index (χ0v) is 20.1. The Hall–Kier alpha value is -3.45. The fourth-order valence-corrected chi connectivity index (χ4v) is 5.23. The summed E-state index contributed by atoms with van der Waals surface area (Å²) in [6, 6.07) is 21.9. The molecule has 1 fully saturated rings. The van der Waals surface area contributed by atoms with Gasteiger partial charge in [0.1, 0.15) is 11.6 Å². The van der Waals surface area contributed by atoms with Crippen LogP contribution in [0.1, 0.15) is 34.6 Å². The van der Waals surface area contributed by atoms with Crippen LogP contribution in [0.3, 0.4) is 0 Å². The highest BCUT2D eigenvalue weighted by Gasteiger charge is 2.23. The maximum absolute atomic E-state index is 12.8. The van der Waals surface area contributed by atoms with Gasteiger partial charge in [0.05, 0.1) is 7.11 Å². The van der Waals surface area contributed by atoms with E-state index >= 15 is 0 Å². The first-order chi connectivity index (χ1) is 16.7. The molecule has 0 atom stereocenters. The quantitative estimate of drug-likeness (QED) is 0.413. The third-order valence-corrected chi connectivity index (χ3v) is 7.24. The molecule has 0 spiro atoms. The van der Waals surface area contributed by atoms with Gasteiger partial charge in [-0.05, 0) is 53.3 Å². The lowest BCUT2D eigenvalue weighted by Gasteiger charge is -2.31. The smallest absolute Gasteiger partial charge is 0.251 e. The summed E-state index contributed by atoms with van der Waals surface area (Å²) < 4.78 is 9.88. The van der Waals surface area contributed by atoms with Gasteiger partial charge in [-0.2, -0.15) is 4.37 Å². The van der Waals surface area contributed by atoms with Gasteiger partial charge in [0, 0.05) is 43.2 Å². The minimum atomic E-state index is 0.00513. The second kappa shape index (κ2) is 10.2. The van der Waals surface area contributed by atoms with Crippen molar-refractivity contribution in [1.29, 1.82) is 0 Å². The lowest BCUT2D eigenvalue weighted by molar-refractivity contribution is 0.0946. The number of carbonyl (C=O) groups excluding carboxylic acids is 1. The number of methoxy groups -OCH3 is 1. The number of amides is 1. The first-order valence-corrected chi connectivity index (χ1v) is 12.4. The van der Waals surface area contributed by atoms with Gasteiger partial charge in [0.2, 0.25) is 5.13 Å². The standard InChI is InChI=1S/C27H28N4O2S/c1-33-22-9-4-6-20(16-22)17-25-29-27(34-30-25)31-14-12-19(13-15-31)18-28-26(32)24-11-5-8-21-7-2-3-10-23(21)24/h2-11,16,19H,12-15,17-18H2,1H3,(H,28,32). The number of aromatic nitrogens is 2. The zero-order chi connectivity index (χ0) is 23.3. The van der Waals surface area contributed by atoms with Gasteiger partial charge in [-0.3, -0.25) is 4.79 Å². The lowest BCUT2D eigenvalue weighted by Crippen LogP contribution is -2.38. The summed E-state index contributed by atoms with van der Waals surface area (Å²) in [5.41, 5.74) is 1.89. The predicted octanol–water partition coefficient (Wildman–Crippen LogP) is 4.94. The van der Waals surface area contributed by atoms with E-state index in [4.69, 9.17) is 9.72 Å². The van der Waals surface area contributed by atoms with Crippen molar-refractivity contribution in [3.63, 3.8) is 0 Å². The Kier molecular flexibility index (Phi) is 6.72. The average Bonchev–Trinajstić information content (AvgIpc) is 3.35. The highest BCUT2D eigenvalue weighted by Crippen LogP contribution is 2.26. The van der Waals surface area contributed by atoms with E-state index in [2.05, 4.69) is 20.7 Å². The molecule has 1 aliphatic heterocycles. The molecule has 174 valence electrons. The van der Waals surface area contributed by atoms with E-state index in [9.17, 15) is 4.79 Å².